The summed E-state index contributed by atoms with van der Waals surface area (Å²) < 4.78 is 0.876. The first kappa shape index (κ1) is 12.5. The lowest BCUT2D eigenvalue weighted by Gasteiger charge is -2.17. The molecule has 0 bridgehead atoms. The minimum Gasteiger partial charge on any atom is -0.309 e. The molecule has 0 aliphatic carbocycles. The van der Waals surface area contributed by atoms with E-state index in [9.17, 15) is 4.79 Å². The zero-order valence-electron chi connectivity index (χ0n) is 8.85. The van der Waals surface area contributed by atoms with E-state index in [0.29, 0.717) is 16.4 Å². The maximum atomic E-state index is 12.0. The third-order valence-corrected chi connectivity index (χ3v) is 3.61. The van der Waals surface area contributed by atoms with Crippen molar-refractivity contribution in [2.45, 2.75) is 0 Å². The van der Waals surface area contributed by atoms with Crippen molar-refractivity contribution in [1.29, 1.82) is 0 Å². The SMILES string of the molecule is CN(C(=O)c1cscn1)c1ccc(Br)cc1Cl. The fourth-order valence-corrected chi connectivity index (χ4v) is 2.68. The van der Waals surface area contributed by atoms with Crippen molar-refractivity contribution in [3.05, 3.63) is 44.3 Å². The Hall–Kier alpha value is -0.910. The normalized spacial score (nSPS) is 10.3. The number of hydrogen-bond acceptors (Lipinski definition) is 3. The second-order valence-electron chi connectivity index (χ2n) is 3.33. The topological polar surface area (TPSA) is 33.2 Å². The minimum atomic E-state index is -0.171. The van der Waals surface area contributed by atoms with Crippen LogP contribution in [0.1, 0.15) is 10.5 Å². The van der Waals surface area contributed by atoms with Gasteiger partial charge in [-0.05, 0) is 18.2 Å². The molecule has 0 spiro atoms. The molecule has 1 aromatic heterocycles. The van der Waals surface area contributed by atoms with Crippen molar-refractivity contribution < 1.29 is 4.79 Å². The van der Waals surface area contributed by atoms with Gasteiger partial charge in [0.15, 0.2) is 0 Å². The number of carbonyl (C=O) groups is 1. The van der Waals surface area contributed by atoms with Crippen LogP contribution in [-0.4, -0.2) is 17.9 Å². The number of carbonyl (C=O) groups excluding carboxylic acids is 1. The number of thiazole rings is 1. The van der Waals surface area contributed by atoms with Crippen LogP contribution in [0.15, 0.2) is 33.6 Å². The lowest BCUT2D eigenvalue weighted by molar-refractivity contribution is 0.0989. The number of hydrogen-bond donors (Lipinski definition) is 0. The Morgan fingerprint density at radius 1 is 1.53 bits per heavy atom. The molecule has 1 amide bonds. The van der Waals surface area contributed by atoms with Gasteiger partial charge in [-0.1, -0.05) is 27.5 Å². The van der Waals surface area contributed by atoms with Gasteiger partial charge in [-0.15, -0.1) is 11.3 Å². The number of rotatable bonds is 2. The number of benzene rings is 1. The van der Waals surface area contributed by atoms with Crippen molar-refractivity contribution in [2.24, 2.45) is 0 Å². The number of halogens is 2. The van der Waals surface area contributed by atoms with Crippen LogP contribution in [0.2, 0.25) is 5.02 Å². The summed E-state index contributed by atoms with van der Waals surface area (Å²) in [5.41, 5.74) is 2.72. The van der Waals surface area contributed by atoms with Gasteiger partial charge in [0.1, 0.15) is 5.69 Å². The van der Waals surface area contributed by atoms with Gasteiger partial charge in [-0.25, -0.2) is 4.98 Å². The molecule has 1 heterocycles. The molecule has 1 aromatic carbocycles. The standard InChI is InChI=1S/C11H8BrClN2OS/c1-15(11(16)9-5-17-6-14-9)10-3-2-7(12)4-8(10)13/h2-6H,1H3. The zero-order valence-corrected chi connectivity index (χ0v) is 12.0. The van der Waals surface area contributed by atoms with E-state index in [4.69, 9.17) is 11.6 Å². The molecule has 17 heavy (non-hydrogen) atoms. The first-order valence-corrected chi connectivity index (χ1v) is 6.82. The van der Waals surface area contributed by atoms with Crippen molar-refractivity contribution in [3.8, 4) is 0 Å². The monoisotopic (exact) mass is 330 g/mol. The molecule has 6 heteroatoms. The van der Waals surface area contributed by atoms with Gasteiger partial charge in [0, 0.05) is 16.9 Å². The highest BCUT2D eigenvalue weighted by molar-refractivity contribution is 9.10. The predicted molar refractivity (Wildman–Crippen MR) is 74.0 cm³/mol. The molecule has 0 saturated heterocycles. The van der Waals surface area contributed by atoms with Crippen LogP contribution in [0.4, 0.5) is 5.69 Å². The molecule has 0 aliphatic rings. The van der Waals surface area contributed by atoms with Crippen LogP contribution in [0.5, 0.6) is 0 Å². The summed E-state index contributed by atoms with van der Waals surface area (Å²) in [4.78, 5) is 17.5. The quantitative estimate of drug-likeness (QED) is 0.838. The summed E-state index contributed by atoms with van der Waals surface area (Å²) in [6.07, 6.45) is 0. The molecular formula is C11H8BrClN2OS. The van der Waals surface area contributed by atoms with Gasteiger partial charge in [-0.2, -0.15) is 0 Å². The second-order valence-corrected chi connectivity index (χ2v) is 5.38. The van der Waals surface area contributed by atoms with E-state index in [-0.39, 0.29) is 5.91 Å². The fourth-order valence-electron chi connectivity index (χ4n) is 1.35. The number of aromatic nitrogens is 1. The van der Waals surface area contributed by atoms with Crippen LogP contribution in [0.25, 0.3) is 0 Å². The third-order valence-electron chi connectivity index (χ3n) is 2.23. The zero-order chi connectivity index (χ0) is 12.4. The average molecular weight is 332 g/mol. The van der Waals surface area contributed by atoms with Crippen molar-refractivity contribution in [1.82, 2.24) is 4.98 Å². The smallest absolute Gasteiger partial charge is 0.277 e. The molecule has 2 rings (SSSR count). The van der Waals surface area contributed by atoms with E-state index in [1.807, 2.05) is 6.07 Å². The Morgan fingerprint density at radius 3 is 2.88 bits per heavy atom. The van der Waals surface area contributed by atoms with Crippen LogP contribution in [0.3, 0.4) is 0 Å². The maximum Gasteiger partial charge on any atom is 0.277 e. The summed E-state index contributed by atoms with van der Waals surface area (Å²) in [7, 11) is 1.68. The molecule has 2 aromatic rings. The fraction of sp³-hybridized carbons (Fsp3) is 0.0909. The summed E-state index contributed by atoms with van der Waals surface area (Å²) in [5, 5.41) is 2.23. The largest absolute Gasteiger partial charge is 0.309 e. The summed E-state index contributed by atoms with van der Waals surface area (Å²) in [5.74, 6) is -0.171. The molecule has 3 nitrogen and oxygen atoms in total. The van der Waals surface area contributed by atoms with E-state index in [1.54, 1.807) is 30.1 Å². The van der Waals surface area contributed by atoms with Gasteiger partial charge in [-0.3, -0.25) is 4.79 Å². The molecule has 88 valence electrons. The minimum absolute atomic E-state index is 0.171. The summed E-state index contributed by atoms with van der Waals surface area (Å²) in [6.45, 7) is 0. The Labute approximate surface area is 116 Å². The molecule has 0 fully saturated rings. The highest BCUT2D eigenvalue weighted by atomic mass is 79.9. The molecular weight excluding hydrogens is 324 g/mol. The van der Waals surface area contributed by atoms with Crippen LogP contribution >= 0.6 is 38.9 Å². The van der Waals surface area contributed by atoms with E-state index in [0.717, 1.165) is 4.47 Å². The lowest BCUT2D eigenvalue weighted by Crippen LogP contribution is -2.26. The van der Waals surface area contributed by atoms with Crippen LogP contribution < -0.4 is 4.90 Å². The van der Waals surface area contributed by atoms with Crippen LogP contribution in [-0.2, 0) is 0 Å². The van der Waals surface area contributed by atoms with Gasteiger partial charge in [0.25, 0.3) is 5.91 Å². The lowest BCUT2D eigenvalue weighted by atomic mass is 10.3. The van der Waals surface area contributed by atoms with E-state index in [2.05, 4.69) is 20.9 Å². The molecule has 0 aliphatic heterocycles. The number of amides is 1. The molecule has 0 atom stereocenters. The summed E-state index contributed by atoms with van der Waals surface area (Å²) >= 11 is 10.8. The van der Waals surface area contributed by atoms with E-state index in [1.165, 1.54) is 16.2 Å². The highest BCUT2D eigenvalue weighted by Gasteiger charge is 2.17. The molecule has 0 radical (unpaired) electrons. The Balaban J connectivity index is 2.31. The molecule has 0 N–H and O–H groups in total. The maximum absolute atomic E-state index is 12.0. The average Bonchev–Trinajstić information content (AvgIpc) is 2.80. The van der Waals surface area contributed by atoms with Gasteiger partial charge in [0.05, 0.1) is 16.2 Å². The predicted octanol–water partition coefficient (Wildman–Crippen LogP) is 3.84. The van der Waals surface area contributed by atoms with E-state index < -0.39 is 0 Å². The Morgan fingerprint density at radius 2 is 2.29 bits per heavy atom. The number of anilines is 1. The van der Waals surface area contributed by atoms with Gasteiger partial charge < -0.3 is 4.90 Å². The summed E-state index contributed by atoms with van der Waals surface area (Å²) in [6, 6.07) is 5.38. The molecule has 0 saturated carbocycles. The first-order valence-electron chi connectivity index (χ1n) is 4.71. The van der Waals surface area contributed by atoms with Crippen molar-refractivity contribution in [3.63, 3.8) is 0 Å². The van der Waals surface area contributed by atoms with Gasteiger partial charge >= 0.3 is 0 Å². The van der Waals surface area contributed by atoms with Crippen molar-refractivity contribution >= 4 is 50.5 Å². The highest BCUT2D eigenvalue weighted by Crippen LogP contribution is 2.29. The Bertz CT molecular complexity index is 544. The first-order chi connectivity index (χ1) is 8.09. The number of nitrogens with zero attached hydrogens (tertiary/aromatic N) is 2. The van der Waals surface area contributed by atoms with Crippen LogP contribution in [0, 0.1) is 0 Å². The third kappa shape index (κ3) is 2.68. The Kier molecular flexibility index (Phi) is 3.81. The van der Waals surface area contributed by atoms with E-state index >= 15 is 0 Å². The second kappa shape index (κ2) is 5.16. The molecule has 0 unspecified atom stereocenters. The van der Waals surface area contributed by atoms with Gasteiger partial charge in [0.2, 0.25) is 0 Å². The van der Waals surface area contributed by atoms with Crippen molar-refractivity contribution in [2.75, 3.05) is 11.9 Å².